The van der Waals surface area contributed by atoms with Crippen molar-refractivity contribution in [2.45, 2.75) is 125 Å². The molecule has 0 aliphatic heterocycles. The normalized spacial score (nSPS) is 49.4. The van der Waals surface area contributed by atoms with Gasteiger partial charge in [-0.1, -0.05) is 54.0 Å². The zero-order valence-electron chi connectivity index (χ0n) is 24.1. The van der Waals surface area contributed by atoms with Gasteiger partial charge in [0.1, 0.15) is 6.10 Å². The first-order chi connectivity index (χ1) is 16.6. The summed E-state index contributed by atoms with van der Waals surface area (Å²) in [7, 11) is 0. The lowest BCUT2D eigenvalue weighted by Gasteiger charge is -2.64. The van der Waals surface area contributed by atoms with E-state index >= 15 is 0 Å². The van der Waals surface area contributed by atoms with Gasteiger partial charge in [-0.3, -0.25) is 9.59 Å². The van der Waals surface area contributed by atoms with Gasteiger partial charge in [0, 0.05) is 23.7 Å². The van der Waals surface area contributed by atoms with E-state index in [1.165, 1.54) is 24.8 Å². The van der Waals surface area contributed by atoms with E-state index in [0.717, 1.165) is 38.5 Å². The number of carbonyl (C=O) groups is 2. The number of allylic oxidation sites excluding steroid dienone is 2. The summed E-state index contributed by atoms with van der Waals surface area (Å²) in [4.78, 5) is 25.6. The molecule has 0 saturated heterocycles. The molecule has 4 saturated carbocycles. The SMILES string of the molecule is CC(=O)OC1CCC2(C)C3CCC4C(=CC(=O)C5C(C)(C)C(O)CCC45C)CC3(C)CCC2C1(C)C. The Morgan fingerprint density at radius 3 is 2.19 bits per heavy atom. The number of carbonyl (C=O) groups excluding carboxylic acids is 2. The molecule has 4 nitrogen and oxygen atoms in total. The highest BCUT2D eigenvalue weighted by Crippen LogP contribution is 2.70. The minimum absolute atomic E-state index is 0.00156. The fourth-order valence-corrected chi connectivity index (χ4v) is 11.3. The van der Waals surface area contributed by atoms with Crippen LogP contribution in [0.15, 0.2) is 11.6 Å². The molecule has 0 bridgehead atoms. The first kappa shape index (κ1) is 26.4. The van der Waals surface area contributed by atoms with Gasteiger partial charge in [0.15, 0.2) is 5.78 Å². The predicted molar refractivity (Wildman–Crippen MR) is 142 cm³/mol. The molecule has 5 aliphatic rings. The Balaban J connectivity index is 1.50. The summed E-state index contributed by atoms with van der Waals surface area (Å²) in [5.41, 5.74) is 1.34. The van der Waals surface area contributed by atoms with Crippen molar-refractivity contribution in [3.05, 3.63) is 11.6 Å². The second kappa shape index (κ2) is 8.17. The van der Waals surface area contributed by atoms with Crippen molar-refractivity contribution in [3.63, 3.8) is 0 Å². The van der Waals surface area contributed by atoms with Crippen LogP contribution in [0.2, 0.25) is 0 Å². The standard InChI is InChI=1S/C32H50O4/c1-19(33)36-26-13-16-32(8)23(28(26,2)3)11-14-30(6)18-20-17-22(34)27-29(4,5)25(35)12-15-31(27,7)21(20)9-10-24(30)32/h17,21,23-27,35H,9-16,18H2,1-8H3. The van der Waals surface area contributed by atoms with Crippen LogP contribution in [0.3, 0.4) is 0 Å². The molecule has 0 aromatic heterocycles. The Kier molecular flexibility index (Phi) is 6.00. The minimum Gasteiger partial charge on any atom is -0.462 e. The average molecular weight is 499 g/mol. The predicted octanol–water partition coefficient (Wildman–Crippen LogP) is 6.89. The zero-order chi connectivity index (χ0) is 26.5. The van der Waals surface area contributed by atoms with Gasteiger partial charge in [0.2, 0.25) is 0 Å². The first-order valence-electron chi connectivity index (χ1n) is 14.7. The van der Waals surface area contributed by atoms with Gasteiger partial charge >= 0.3 is 5.97 Å². The van der Waals surface area contributed by atoms with Crippen molar-refractivity contribution < 1.29 is 19.4 Å². The molecule has 202 valence electrons. The van der Waals surface area contributed by atoms with Crippen LogP contribution in [0, 0.1) is 50.7 Å². The van der Waals surface area contributed by atoms with Gasteiger partial charge in [-0.2, -0.15) is 0 Å². The lowest BCUT2D eigenvalue weighted by molar-refractivity contribution is -0.191. The van der Waals surface area contributed by atoms with E-state index in [9.17, 15) is 14.7 Å². The quantitative estimate of drug-likeness (QED) is 0.400. The second-order valence-electron chi connectivity index (χ2n) is 15.5. The Morgan fingerprint density at radius 2 is 1.53 bits per heavy atom. The molecule has 0 amide bonds. The Bertz CT molecular complexity index is 977. The molecule has 9 unspecified atom stereocenters. The third-order valence-electron chi connectivity index (χ3n) is 12.8. The number of fused-ring (bicyclic) bond motifs is 6. The molecule has 1 N–H and O–H groups in total. The molecule has 0 spiro atoms. The van der Waals surface area contributed by atoms with Crippen molar-refractivity contribution in [1.82, 2.24) is 0 Å². The smallest absolute Gasteiger partial charge is 0.302 e. The highest BCUT2D eigenvalue weighted by molar-refractivity contribution is 5.95. The fraction of sp³-hybridized carbons (Fsp3) is 0.875. The van der Waals surface area contributed by atoms with Crippen LogP contribution in [-0.4, -0.2) is 29.1 Å². The number of hydrogen-bond donors (Lipinski definition) is 1. The first-order valence-corrected chi connectivity index (χ1v) is 14.7. The number of esters is 1. The second-order valence-corrected chi connectivity index (χ2v) is 15.5. The fourth-order valence-electron chi connectivity index (χ4n) is 11.3. The number of hydrogen-bond acceptors (Lipinski definition) is 4. The largest absolute Gasteiger partial charge is 0.462 e. The topological polar surface area (TPSA) is 63.6 Å². The van der Waals surface area contributed by atoms with Gasteiger partial charge in [0.05, 0.1) is 6.10 Å². The van der Waals surface area contributed by atoms with E-state index in [-0.39, 0.29) is 50.8 Å². The summed E-state index contributed by atoms with van der Waals surface area (Å²) in [5, 5.41) is 10.9. The van der Waals surface area contributed by atoms with Crippen LogP contribution in [0.4, 0.5) is 0 Å². The van der Waals surface area contributed by atoms with Gasteiger partial charge in [-0.25, -0.2) is 0 Å². The number of ether oxygens (including phenoxy) is 1. The summed E-state index contributed by atoms with van der Waals surface area (Å²) in [6.45, 7) is 17.9. The molecular formula is C32H50O4. The summed E-state index contributed by atoms with van der Waals surface area (Å²) in [6.07, 6.45) is 11.2. The van der Waals surface area contributed by atoms with Crippen LogP contribution in [0.5, 0.6) is 0 Å². The summed E-state index contributed by atoms with van der Waals surface area (Å²) in [5.74, 6) is 1.57. The minimum atomic E-state index is -0.408. The molecule has 5 aliphatic carbocycles. The summed E-state index contributed by atoms with van der Waals surface area (Å²) < 4.78 is 5.87. The van der Waals surface area contributed by atoms with Crippen molar-refractivity contribution in [2.75, 3.05) is 0 Å². The third kappa shape index (κ3) is 3.55. The highest BCUT2D eigenvalue weighted by atomic mass is 16.5. The van der Waals surface area contributed by atoms with Crippen LogP contribution in [-0.2, 0) is 14.3 Å². The van der Waals surface area contributed by atoms with Crippen molar-refractivity contribution in [2.24, 2.45) is 50.7 Å². The molecule has 0 aromatic rings. The maximum Gasteiger partial charge on any atom is 0.302 e. The highest BCUT2D eigenvalue weighted by Gasteiger charge is 2.64. The van der Waals surface area contributed by atoms with Crippen LogP contribution in [0.1, 0.15) is 113 Å². The Labute approximate surface area is 219 Å². The number of ketones is 1. The Morgan fingerprint density at radius 1 is 0.861 bits per heavy atom. The zero-order valence-corrected chi connectivity index (χ0v) is 24.1. The molecule has 0 radical (unpaired) electrons. The van der Waals surface area contributed by atoms with E-state index in [2.05, 4.69) is 48.5 Å². The lowest BCUT2D eigenvalue weighted by atomic mass is 9.42. The van der Waals surface area contributed by atoms with E-state index in [1.54, 1.807) is 6.92 Å². The van der Waals surface area contributed by atoms with Gasteiger partial charge < -0.3 is 9.84 Å². The summed E-state index contributed by atoms with van der Waals surface area (Å²) >= 11 is 0. The molecule has 4 fully saturated rings. The van der Waals surface area contributed by atoms with E-state index in [1.807, 2.05) is 6.08 Å². The maximum absolute atomic E-state index is 13.7. The monoisotopic (exact) mass is 498 g/mol. The maximum atomic E-state index is 13.7. The molecule has 0 aromatic carbocycles. The van der Waals surface area contributed by atoms with Crippen LogP contribution < -0.4 is 0 Å². The number of rotatable bonds is 1. The third-order valence-corrected chi connectivity index (χ3v) is 12.8. The van der Waals surface area contributed by atoms with Crippen LogP contribution >= 0.6 is 0 Å². The van der Waals surface area contributed by atoms with Gasteiger partial charge in [-0.05, 0) is 97.9 Å². The molecule has 5 rings (SSSR count). The number of aliphatic hydroxyl groups excluding tert-OH is 1. The van der Waals surface area contributed by atoms with E-state index in [4.69, 9.17) is 4.74 Å². The molecular weight excluding hydrogens is 448 g/mol. The molecule has 9 atom stereocenters. The molecule has 4 heteroatoms. The van der Waals surface area contributed by atoms with Crippen molar-refractivity contribution in [3.8, 4) is 0 Å². The Hall–Kier alpha value is -1.16. The molecule has 36 heavy (non-hydrogen) atoms. The van der Waals surface area contributed by atoms with Gasteiger partial charge in [0.25, 0.3) is 0 Å². The number of aliphatic hydroxyl groups is 1. The average Bonchev–Trinajstić information content (AvgIpc) is 2.89. The van der Waals surface area contributed by atoms with Gasteiger partial charge in [-0.15, -0.1) is 0 Å². The van der Waals surface area contributed by atoms with Crippen molar-refractivity contribution in [1.29, 1.82) is 0 Å². The van der Waals surface area contributed by atoms with Crippen molar-refractivity contribution >= 4 is 11.8 Å². The van der Waals surface area contributed by atoms with Crippen LogP contribution in [0.25, 0.3) is 0 Å². The van der Waals surface area contributed by atoms with E-state index < -0.39 is 6.10 Å². The lowest BCUT2D eigenvalue weighted by Crippen LogP contribution is -2.59. The van der Waals surface area contributed by atoms with E-state index in [0.29, 0.717) is 17.8 Å². The summed E-state index contributed by atoms with van der Waals surface area (Å²) in [6, 6.07) is 0. The molecule has 0 heterocycles.